The number of ketones is 1. The SMILES string of the molecule is CC1(C)c2ccccc2-c2ccc(N(c3ccc4c(c3)C(=O)c3cc(-c5ccc(/C=C(\C#N)C(=O)O)s5)ccc3-4)c3ccc4c(c3)C(C)(C)c3ccccc3-4)cc21. The van der Waals surface area contributed by atoms with E-state index in [1.165, 1.54) is 61.9 Å². The van der Waals surface area contributed by atoms with Crippen LogP contribution in [0.3, 0.4) is 0 Å². The average molecular weight is 757 g/mol. The number of thiophene rings is 1. The third kappa shape index (κ3) is 5.13. The van der Waals surface area contributed by atoms with Crippen molar-refractivity contribution in [1.29, 1.82) is 5.26 Å². The molecular formula is C51H36N2O3S. The van der Waals surface area contributed by atoms with Crippen molar-refractivity contribution in [2.45, 2.75) is 38.5 Å². The average Bonchev–Trinajstić information content (AvgIpc) is 3.93. The van der Waals surface area contributed by atoms with Crippen LogP contribution in [0.25, 0.3) is 49.9 Å². The first-order valence-corrected chi connectivity index (χ1v) is 19.8. The first kappa shape index (κ1) is 34.7. The molecule has 0 saturated carbocycles. The van der Waals surface area contributed by atoms with Crippen molar-refractivity contribution in [3.05, 3.63) is 177 Å². The van der Waals surface area contributed by atoms with Crippen LogP contribution in [0.1, 0.15) is 70.7 Å². The van der Waals surface area contributed by atoms with E-state index in [-0.39, 0.29) is 22.2 Å². The van der Waals surface area contributed by atoms with Crippen LogP contribution in [0.4, 0.5) is 17.1 Å². The summed E-state index contributed by atoms with van der Waals surface area (Å²) in [5.74, 6) is -1.29. The van der Waals surface area contributed by atoms with Crippen molar-refractivity contribution < 1.29 is 14.7 Å². The summed E-state index contributed by atoms with van der Waals surface area (Å²) in [6, 6.07) is 48.6. The Balaban J connectivity index is 1.08. The van der Waals surface area contributed by atoms with Gasteiger partial charge in [-0.15, -0.1) is 11.3 Å². The predicted octanol–water partition coefficient (Wildman–Crippen LogP) is 12.7. The normalized spacial score (nSPS) is 14.9. The van der Waals surface area contributed by atoms with Gasteiger partial charge in [0.2, 0.25) is 0 Å². The summed E-state index contributed by atoms with van der Waals surface area (Å²) in [5.41, 5.74) is 16.4. The molecule has 57 heavy (non-hydrogen) atoms. The Morgan fingerprint density at radius 3 is 1.65 bits per heavy atom. The maximum atomic E-state index is 14.4. The summed E-state index contributed by atoms with van der Waals surface area (Å²) in [6.07, 6.45) is 1.37. The second kappa shape index (κ2) is 12.3. The van der Waals surface area contributed by atoms with Gasteiger partial charge in [0.05, 0.1) is 0 Å². The van der Waals surface area contributed by atoms with Gasteiger partial charge >= 0.3 is 5.97 Å². The topological polar surface area (TPSA) is 81.4 Å². The zero-order chi connectivity index (χ0) is 39.4. The van der Waals surface area contributed by atoms with E-state index in [1.54, 1.807) is 12.1 Å². The number of nitrogens with zero attached hydrogens (tertiary/aromatic N) is 2. The Morgan fingerprint density at radius 2 is 1.09 bits per heavy atom. The molecule has 1 aromatic heterocycles. The summed E-state index contributed by atoms with van der Waals surface area (Å²) in [7, 11) is 0. The van der Waals surface area contributed by atoms with Crippen molar-refractivity contribution >= 4 is 46.2 Å². The molecular weight excluding hydrogens is 721 g/mol. The van der Waals surface area contributed by atoms with Crippen LogP contribution < -0.4 is 4.90 Å². The highest BCUT2D eigenvalue weighted by molar-refractivity contribution is 7.16. The number of fused-ring (bicyclic) bond motifs is 9. The Labute approximate surface area is 335 Å². The van der Waals surface area contributed by atoms with Gasteiger partial charge in [-0.25, -0.2) is 4.79 Å². The molecule has 274 valence electrons. The highest BCUT2D eigenvalue weighted by Crippen LogP contribution is 2.53. The molecule has 0 atom stereocenters. The molecule has 0 unspecified atom stereocenters. The van der Waals surface area contributed by atoms with E-state index < -0.39 is 5.97 Å². The Kier molecular flexibility index (Phi) is 7.51. The fourth-order valence-corrected chi connectivity index (χ4v) is 10.3. The molecule has 0 bridgehead atoms. The summed E-state index contributed by atoms with van der Waals surface area (Å²) >= 11 is 1.38. The fraction of sp³-hybridized carbons (Fsp3) is 0.118. The largest absolute Gasteiger partial charge is 0.477 e. The van der Waals surface area contributed by atoms with Crippen LogP contribution in [0.5, 0.6) is 0 Å². The summed E-state index contributed by atoms with van der Waals surface area (Å²) < 4.78 is 0. The van der Waals surface area contributed by atoms with E-state index >= 15 is 0 Å². The molecule has 3 aliphatic carbocycles. The van der Waals surface area contributed by atoms with E-state index in [9.17, 15) is 20.0 Å². The van der Waals surface area contributed by atoms with Gasteiger partial charge in [0.25, 0.3) is 0 Å². The number of carbonyl (C=O) groups excluding carboxylic acids is 1. The lowest BCUT2D eigenvalue weighted by atomic mass is 9.82. The van der Waals surface area contributed by atoms with Gasteiger partial charge < -0.3 is 10.0 Å². The molecule has 10 rings (SSSR count). The van der Waals surface area contributed by atoms with Gasteiger partial charge in [0.1, 0.15) is 11.6 Å². The maximum absolute atomic E-state index is 14.4. The number of anilines is 3. The van der Waals surface area contributed by atoms with E-state index in [0.29, 0.717) is 16.0 Å². The van der Waals surface area contributed by atoms with Crippen LogP contribution in [-0.4, -0.2) is 16.9 Å². The summed E-state index contributed by atoms with van der Waals surface area (Å²) in [5, 5.41) is 18.6. The van der Waals surface area contributed by atoms with Crippen LogP contribution in [0, 0.1) is 11.3 Å². The molecule has 0 fully saturated rings. The van der Waals surface area contributed by atoms with Crippen molar-refractivity contribution in [2.75, 3.05) is 4.90 Å². The standard InChI is InChI=1S/C51H36N2O3S/c1-50(2)43-11-7-5-9-37(43)39-20-15-32(26-45(39)50)53(33-16-21-40-38-10-6-8-12-44(38)51(3,4)46(40)27-33)31-14-19-36-35-18-13-29(24-41(35)48(54)42(36)25-31)47-22-17-34(57-47)23-30(28-52)49(55)56/h5-27H,1-4H3,(H,55,56)/b30-23+. The predicted molar refractivity (Wildman–Crippen MR) is 230 cm³/mol. The molecule has 6 heteroatoms. The van der Waals surface area contributed by atoms with Gasteiger partial charge in [-0.2, -0.15) is 5.26 Å². The molecule has 1 heterocycles. The van der Waals surface area contributed by atoms with Gasteiger partial charge in [-0.05, 0) is 122 Å². The highest BCUT2D eigenvalue weighted by atomic mass is 32.1. The van der Waals surface area contributed by atoms with Crippen LogP contribution in [0.15, 0.2) is 139 Å². The molecule has 0 spiro atoms. The molecule has 6 aromatic carbocycles. The van der Waals surface area contributed by atoms with Crippen LogP contribution >= 0.6 is 11.3 Å². The minimum atomic E-state index is -1.26. The molecule has 0 saturated heterocycles. The number of hydrogen-bond acceptors (Lipinski definition) is 5. The minimum absolute atomic E-state index is 0.0333. The number of hydrogen-bond donors (Lipinski definition) is 1. The fourth-order valence-electron chi connectivity index (χ4n) is 9.34. The summed E-state index contributed by atoms with van der Waals surface area (Å²) in [6.45, 7) is 9.20. The first-order valence-electron chi connectivity index (χ1n) is 19.0. The zero-order valence-corrected chi connectivity index (χ0v) is 32.7. The van der Waals surface area contributed by atoms with Crippen molar-refractivity contribution in [3.8, 4) is 49.9 Å². The van der Waals surface area contributed by atoms with E-state index in [4.69, 9.17) is 0 Å². The monoisotopic (exact) mass is 756 g/mol. The molecule has 5 nitrogen and oxygen atoms in total. The third-order valence-electron chi connectivity index (χ3n) is 12.3. The van der Waals surface area contributed by atoms with Crippen LogP contribution in [-0.2, 0) is 15.6 Å². The van der Waals surface area contributed by atoms with Crippen molar-refractivity contribution in [2.24, 2.45) is 0 Å². The zero-order valence-electron chi connectivity index (χ0n) is 31.8. The maximum Gasteiger partial charge on any atom is 0.346 e. The van der Waals surface area contributed by atoms with Crippen molar-refractivity contribution in [1.82, 2.24) is 0 Å². The number of nitriles is 1. The number of carboxylic acid groups (broad SMARTS) is 1. The third-order valence-corrected chi connectivity index (χ3v) is 13.3. The number of rotatable bonds is 6. The van der Waals surface area contributed by atoms with Gasteiger partial charge in [0.15, 0.2) is 5.78 Å². The van der Waals surface area contributed by atoms with E-state index in [1.807, 2.05) is 30.3 Å². The number of benzene rings is 6. The molecule has 0 amide bonds. The smallest absolute Gasteiger partial charge is 0.346 e. The Bertz CT molecular complexity index is 2890. The van der Waals surface area contributed by atoms with Crippen molar-refractivity contribution in [3.63, 3.8) is 0 Å². The Morgan fingerprint density at radius 1 is 0.596 bits per heavy atom. The lowest BCUT2D eigenvalue weighted by Gasteiger charge is -2.30. The molecule has 1 N–H and O–H groups in total. The molecule has 7 aromatic rings. The van der Waals surface area contributed by atoms with Gasteiger partial charge in [-0.3, -0.25) is 4.79 Å². The van der Waals surface area contributed by atoms with Gasteiger partial charge in [-0.1, -0.05) is 107 Å². The molecule has 0 radical (unpaired) electrons. The van der Waals surface area contributed by atoms with Gasteiger partial charge in [0, 0.05) is 48.8 Å². The van der Waals surface area contributed by atoms with Crippen LogP contribution in [0.2, 0.25) is 0 Å². The number of aliphatic carboxylic acids is 1. The Hall–Kier alpha value is -6.81. The highest BCUT2D eigenvalue weighted by Gasteiger charge is 2.38. The molecule has 3 aliphatic rings. The van der Waals surface area contributed by atoms with E-state index in [2.05, 4.69) is 130 Å². The number of carboxylic acids is 1. The lowest BCUT2D eigenvalue weighted by Crippen LogP contribution is -2.18. The molecule has 0 aliphatic heterocycles. The number of carbonyl (C=O) groups is 2. The van der Waals surface area contributed by atoms with E-state index in [0.717, 1.165) is 38.6 Å². The minimum Gasteiger partial charge on any atom is -0.477 e. The quantitative estimate of drug-likeness (QED) is 0.135. The first-order chi connectivity index (χ1) is 27.4. The second-order valence-corrected chi connectivity index (χ2v) is 17.2. The lowest BCUT2D eigenvalue weighted by molar-refractivity contribution is -0.132. The summed E-state index contributed by atoms with van der Waals surface area (Å²) in [4.78, 5) is 29.6. The second-order valence-electron chi connectivity index (χ2n) is 16.1.